The minimum Gasteiger partial charge on any atom is -0.491 e. The molecule has 2 aromatic rings. The summed E-state index contributed by atoms with van der Waals surface area (Å²) in [4.78, 5) is 92.8. The van der Waals surface area contributed by atoms with Gasteiger partial charge in [-0.05, 0) is 118 Å². The fourth-order valence-corrected chi connectivity index (χ4v) is 10.9. The molecule has 0 radical (unpaired) electrons. The van der Waals surface area contributed by atoms with Crippen LogP contribution in [0.15, 0.2) is 60.4 Å². The first-order valence-corrected chi connectivity index (χ1v) is 27.4. The van der Waals surface area contributed by atoms with E-state index in [0.717, 1.165) is 9.80 Å². The van der Waals surface area contributed by atoms with Crippen molar-refractivity contribution in [2.45, 2.75) is 166 Å². The second kappa shape index (κ2) is 24.6. The first-order valence-electron chi connectivity index (χ1n) is 25.8. The molecule has 1 aliphatic carbocycles. The van der Waals surface area contributed by atoms with Crippen molar-refractivity contribution >= 4 is 51.9 Å². The normalized spacial score (nSPS) is 27.1. The third-order valence-electron chi connectivity index (χ3n) is 13.1. The molecule has 11 atom stereocenters. The minimum absolute atomic E-state index is 0.0579. The van der Waals surface area contributed by atoms with Crippen LogP contribution in [-0.2, 0) is 49.8 Å². The fourth-order valence-electron chi connectivity index (χ4n) is 9.68. The highest BCUT2D eigenvalue weighted by Gasteiger charge is 2.57. The number of ether oxygens (including phenoxy) is 7. The first kappa shape index (κ1) is 62.5. The van der Waals surface area contributed by atoms with Gasteiger partial charge in [-0.15, -0.1) is 0 Å². The maximum atomic E-state index is 14.3. The molecule has 3 heterocycles. The van der Waals surface area contributed by atoms with Crippen molar-refractivity contribution in [3.63, 3.8) is 0 Å². The molecule has 0 spiro atoms. The molecule has 2 fully saturated rings. The van der Waals surface area contributed by atoms with Crippen molar-refractivity contribution < 1.29 is 90.6 Å². The fraction of sp³-hybridized carbons (Fsp3) is 0.615. The molecule has 6 amide bonds. The number of non-ortho nitro benzene ring substituents is 1. The van der Waals surface area contributed by atoms with Crippen LogP contribution in [0.1, 0.15) is 108 Å². The number of nitro groups is 1. The van der Waals surface area contributed by atoms with E-state index in [9.17, 15) is 62.6 Å². The summed E-state index contributed by atoms with van der Waals surface area (Å²) in [5.41, 5.74) is -4.66. The van der Waals surface area contributed by atoms with Gasteiger partial charge in [-0.2, -0.15) is 0 Å². The number of fused-ring (bicyclic) bond motifs is 1. The van der Waals surface area contributed by atoms with Gasteiger partial charge in [0.25, 0.3) is 17.5 Å². The molecule has 1 unspecified atom stereocenters. The van der Waals surface area contributed by atoms with E-state index in [1.54, 1.807) is 74.4 Å². The summed E-state index contributed by atoms with van der Waals surface area (Å²) >= 11 is 0. The Bertz CT molecular complexity index is 2740. The van der Waals surface area contributed by atoms with Crippen molar-refractivity contribution in [2.24, 2.45) is 5.92 Å². The summed E-state index contributed by atoms with van der Waals surface area (Å²) in [5.74, 6) is -3.73. The largest absolute Gasteiger partial charge is 0.491 e. The number of carbonyl (C=O) groups excluding carboxylic acids is 6. The van der Waals surface area contributed by atoms with Gasteiger partial charge in [0.2, 0.25) is 10.0 Å². The van der Waals surface area contributed by atoms with Gasteiger partial charge in [0.05, 0.1) is 59.2 Å². The third kappa shape index (κ3) is 16.2. The van der Waals surface area contributed by atoms with E-state index in [2.05, 4.69) is 20.7 Å². The zero-order valence-electron chi connectivity index (χ0n) is 46.5. The average molecular weight is 1150 g/mol. The summed E-state index contributed by atoms with van der Waals surface area (Å²) in [7, 11) is -3.38. The zero-order valence-corrected chi connectivity index (χ0v) is 47.3. The molecular formula is C52H73N7O20S. The van der Waals surface area contributed by atoms with Crippen LogP contribution in [-0.4, -0.2) is 184 Å². The predicted molar refractivity (Wildman–Crippen MR) is 281 cm³/mol. The second-order valence-corrected chi connectivity index (χ2v) is 25.0. The molecular weight excluding hydrogens is 1070 g/mol. The Morgan fingerprint density at radius 1 is 0.838 bits per heavy atom. The summed E-state index contributed by atoms with van der Waals surface area (Å²) in [6, 6.07) is 5.65. The lowest BCUT2D eigenvalue weighted by Crippen LogP contribution is -2.71. The highest BCUT2D eigenvalue weighted by Crippen LogP contribution is 2.39. The van der Waals surface area contributed by atoms with E-state index in [0.29, 0.717) is 5.56 Å². The van der Waals surface area contributed by atoms with Gasteiger partial charge in [0.1, 0.15) is 53.1 Å². The third-order valence-corrected chi connectivity index (χ3v) is 14.4. The number of sulfonamides is 1. The minimum atomic E-state index is -4.64. The van der Waals surface area contributed by atoms with E-state index in [1.165, 1.54) is 56.4 Å². The van der Waals surface area contributed by atoms with Crippen molar-refractivity contribution in [3.8, 4) is 0 Å². The highest BCUT2D eigenvalue weighted by molar-refractivity contribution is 7.89. The van der Waals surface area contributed by atoms with Gasteiger partial charge in [-0.3, -0.25) is 24.6 Å². The number of likely N-dealkylation sites (N-methyl/N-ethyl adjacent to an activating group) is 1. The maximum Gasteiger partial charge on any atom is 0.410 e. The molecule has 0 bridgehead atoms. The number of carbonyl (C=O) groups is 6. The van der Waals surface area contributed by atoms with Crippen molar-refractivity contribution in [1.82, 2.24) is 30.5 Å². The number of hydrogen-bond donors (Lipinski definition) is 7. The summed E-state index contributed by atoms with van der Waals surface area (Å²) in [5, 5.41) is 55.8. The lowest BCUT2D eigenvalue weighted by atomic mass is 9.72. The lowest BCUT2D eigenvalue weighted by Gasteiger charge is -2.52. The van der Waals surface area contributed by atoms with Crippen LogP contribution in [0.5, 0.6) is 0 Å². The van der Waals surface area contributed by atoms with Gasteiger partial charge in [0.15, 0.2) is 6.29 Å². The van der Waals surface area contributed by atoms with Crippen LogP contribution < -0.4 is 20.7 Å². The molecule has 1 saturated heterocycles. The maximum absolute atomic E-state index is 14.3. The second-order valence-electron chi connectivity index (χ2n) is 23.2. The Morgan fingerprint density at radius 2 is 1.40 bits per heavy atom. The smallest absolute Gasteiger partial charge is 0.410 e. The zero-order chi connectivity index (χ0) is 59.4. The molecule has 3 aliphatic heterocycles. The number of nitrogens with zero attached hydrogens (tertiary/aromatic N) is 3. The van der Waals surface area contributed by atoms with E-state index < -0.39 is 160 Å². The van der Waals surface area contributed by atoms with Crippen molar-refractivity contribution in [1.29, 1.82) is 0 Å². The molecule has 28 heteroatoms. The summed E-state index contributed by atoms with van der Waals surface area (Å²) < 4.78 is 72.2. The van der Waals surface area contributed by atoms with E-state index in [4.69, 9.17) is 33.2 Å². The molecule has 6 rings (SSSR count). The monoisotopic (exact) mass is 1150 g/mol. The van der Waals surface area contributed by atoms with Gasteiger partial charge in [-0.1, -0.05) is 12.1 Å². The Morgan fingerprint density at radius 3 is 1.95 bits per heavy atom. The Labute approximate surface area is 463 Å². The Hall–Kier alpha value is -6.69. The van der Waals surface area contributed by atoms with Gasteiger partial charge in [-0.25, -0.2) is 32.3 Å². The molecule has 27 nitrogen and oxygen atoms in total. The van der Waals surface area contributed by atoms with Gasteiger partial charge in [0, 0.05) is 37.7 Å². The molecule has 0 aromatic heterocycles. The number of amides is 6. The van der Waals surface area contributed by atoms with Crippen molar-refractivity contribution in [3.05, 3.63) is 87.2 Å². The predicted octanol–water partition coefficient (Wildman–Crippen LogP) is 3.33. The first-order chi connectivity index (χ1) is 37.0. The van der Waals surface area contributed by atoms with Crippen LogP contribution >= 0.6 is 0 Å². The van der Waals surface area contributed by atoms with Crippen LogP contribution in [0.3, 0.4) is 0 Å². The van der Waals surface area contributed by atoms with Crippen LogP contribution in [0, 0.1) is 16.0 Å². The quantitative estimate of drug-likeness (QED) is 0.0548. The molecule has 4 aliphatic rings. The van der Waals surface area contributed by atoms with Crippen LogP contribution in [0.25, 0.3) is 0 Å². The number of aliphatic hydroxyl groups is 3. The van der Waals surface area contributed by atoms with Gasteiger partial charge < -0.3 is 69.3 Å². The number of alkyl carbamates (subject to hydrolysis) is 3. The topological polar surface area (TPSA) is 360 Å². The number of imide groups is 1. The number of rotatable bonds is 16. The van der Waals surface area contributed by atoms with E-state index in [1.807, 2.05) is 0 Å². The summed E-state index contributed by atoms with van der Waals surface area (Å²) in [6.45, 7) is 13.9. The number of aliphatic hydroxyl groups excluding tert-OH is 2. The van der Waals surface area contributed by atoms with E-state index >= 15 is 0 Å². The highest BCUT2D eigenvalue weighted by atomic mass is 32.2. The van der Waals surface area contributed by atoms with Gasteiger partial charge >= 0.3 is 24.4 Å². The Balaban J connectivity index is 1.37. The van der Waals surface area contributed by atoms with E-state index in [-0.39, 0.29) is 42.1 Å². The number of nitrogens with one attached hydrogen (secondary N) is 4. The van der Waals surface area contributed by atoms with Crippen molar-refractivity contribution in [2.75, 3.05) is 32.5 Å². The van der Waals surface area contributed by atoms with Crippen LogP contribution in [0.2, 0.25) is 0 Å². The standard InChI is InChI=1S/C52H73N7O20S/c1-49(2,3)77-46(65)54-33-21-20-30(25-53-45(64)73-26-28-16-18-29(19-17-28)59(69)70)75-39(33)36-34(55-47(66)78-50(4,5)6)24-35(56-80(71,72)23-22-58-42(62)31-14-12-13-15-32(31)43(58)63)40(37(36)60)76-44-38(61)41(52(10,68)27-74-44)57(11)48(67)79-51(7,8)9/h12-20,33-41,44,56,60-61,68H,21-27H2,1-11H3,(H,53,64)(H,54,65)(H,55,66)/t33-,34+,35-,36?,37+,38-,39+,40+,41-,44-,52+/m1/s1. The molecule has 1 saturated carbocycles. The molecule has 7 N–H and O–H groups in total. The van der Waals surface area contributed by atoms with Crippen LogP contribution in [0.4, 0.5) is 24.9 Å². The Kier molecular flexibility index (Phi) is 19.2. The number of hydrogen-bond acceptors (Lipinski definition) is 20. The SMILES string of the molecule is CN(C(=O)OC(C)(C)C)[C@@H]1[C@@H](O)[C@@H](O[C@H]2[C@H](NS(=O)(=O)CCN3C(=O)c4ccccc4C3=O)C[C@H](NC(=O)OC(C)(C)C)C([C@H]3OC(CNC(=O)OCc4ccc([N+](=O)[O-])cc4)=CC[C@H]3NC(=O)OC(C)(C)C)[C@@H]2O)OC[C@]1(C)O. The average Bonchev–Trinajstić information content (AvgIpc) is 3.61. The molecule has 80 heavy (non-hydrogen) atoms. The lowest BCUT2D eigenvalue weighted by molar-refractivity contribution is -0.384. The number of nitro benzene ring substituents is 1. The summed E-state index contributed by atoms with van der Waals surface area (Å²) in [6.07, 6.45) is -11.9. The number of benzene rings is 2. The molecule has 442 valence electrons. The molecule has 2 aromatic carbocycles.